The SMILES string of the molecule is CC1=N[C@H](C[18F])CO1. The van der Waals surface area contributed by atoms with Crippen molar-refractivity contribution < 1.29 is 9.13 Å². The van der Waals surface area contributed by atoms with Crippen LogP contribution < -0.4 is 0 Å². The second-order valence-electron chi connectivity index (χ2n) is 1.77. The molecule has 1 aliphatic heterocycles. The Morgan fingerprint density at radius 2 is 2.75 bits per heavy atom. The zero-order chi connectivity index (χ0) is 5.98. The first kappa shape index (κ1) is 5.54. The monoisotopic (exact) mass is 116 g/mol. The van der Waals surface area contributed by atoms with E-state index in [9.17, 15) is 4.39 Å². The third kappa shape index (κ3) is 0.967. The highest BCUT2D eigenvalue weighted by molar-refractivity contribution is 5.74. The summed E-state index contributed by atoms with van der Waals surface area (Å²) in [5, 5.41) is 0. The van der Waals surface area contributed by atoms with Gasteiger partial charge in [-0.2, -0.15) is 0 Å². The third-order valence-electron chi connectivity index (χ3n) is 1.03. The first-order chi connectivity index (χ1) is 3.83. The molecule has 0 saturated carbocycles. The molecule has 0 aromatic rings. The smallest absolute Gasteiger partial charge is 0.180 e. The number of halogens is 1. The topological polar surface area (TPSA) is 21.6 Å². The summed E-state index contributed by atoms with van der Waals surface area (Å²) in [4.78, 5) is 3.83. The Labute approximate surface area is 47.4 Å². The molecule has 0 aromatic heterocycles. The van der Waals surface area contributed by atoms with Gasteiger partial charge in [-0.1, -0.05) is 0 Å². The first-order valence-corrected chi connectivity index (χ1v) is 2.56. The van der Waals surface area contributed by atoms with Gasteiger partial charge in [0.15, 0.2) is 5.90 Å². The lowest BCUT2D eigenvalue weighted by Crippen LogP contribution is -2.07. The van der Waals surface area contributed by atoms with Crippen LogP contribution >= 0.6 is 0 Å². The van der Waals surface area contributed by atoms with E-state index in [-0.39, 0.29) is 6.04 Å². The van der Waals surface area contributed by atoms with Crippen LogP contribution in [0, 0.1) is 0 Å². The molecule has 0 fully saturated rings. The molecule has 0 saturated heterocycles. The zero-order valence-corrected chi connectivity index (χ0v) is 4.72. The molecule has 1 heterocycles. The van der Waals surface area contributed by atoms with Crippen LogP contribution in [0.15, 0.2) is 4.99 Å². The Hall–Kier alpha value is -0.600. The molecule has 46 valence electrons. The van der Waals surface area contributed by atoms with Gasteiger partial charge in [-0.05, 0) is 0 Å². The molecule has 0 aliphatic carbocycles. The minimum Gasteiger partial charge on any atom is -0.479 e. The van der Waals surface area contributed by atoms with Crippen LogP contribution in [-0.4, -0.2) is 25.2 Å². The molecule has 3 heteroatoms. The van der Waals surface area contributed by atoms with Crippen LogP contribution in [0.5, 0.6) is 0 Å². The molecule has 0 radical (unpaired) electrons. The summed E-state index contributed by atoms with van der Waals surface area (Å²) < 4.78 is 16.6. The van der Waals surface area contributed by atoms with Crippen LogP contribution in [0.25, 0.3) is 0 Å². The fourth-order valence-electron chi connectivity index (χ4n) is 0.627. The van der Waals surface area contributed by atoms with E-state index < -0.39 is 6.67 Å². The lowest BCUT2D eigenvalue weighted by molar-refractivity contribution is 0.290. The van der Waals surface area contributed by atoms with Crippen LogP contribution in [0.2, 0.25) is 0 Å². The van der Waals surface area contributed by atoms with Crippen molar-refractivity contribution in [3.8, 4) is 0 Å². The largest absolute Gasteiger partial charge is 0.479 e. The summed E-state index contributed by atoms with van der Waals surface area (Å²) in [5.41, 5.74) is 0. The highest BCUT2D eigenvalue weighted by Crippen LogP contribution is 2.03. The lowest BCUT2D eigenvalue weighted by atomic mass is 10.4. The molecule has 0 N–H and O–H groups in total. The summed E-state index contributed by atoms with van der Waals surface area (Å²) in [6.45, 7) is 1.75. The highest BCUT2D eigenvalue weighted by atomic mass is 18.2. The number of alkyl halides is 1. The van der Waals surface area contributed by atoms with E-state index in [4.69, 9.17) is 4.74 Å². The van der Waals surface area contributed by atoms with Gasteiger partial charge in [0.2, 0.25) is 0 Å². The van der Waals surface area contributed by atoms with Crippen molar-refractivity contribution >= 4 is 5.90 Å². The van der Waals surface area contributed by atoms with Crippen molar-refractivity contribution in [1.29, 1.82) is 0 Å². The number of rotatable bonds is 1. The van der Waals surface area contributed by atoms with Gasteiger partial charge in [0.25, 0.3) is 0 Å². The molecular weight excluding hydrogens is 108 g/mol. The number of hydrogen-bond acceptors (Lipinski definition) is 2. The Kier molecular flexibility index (Phi) is 1.46. The molecule has 2 nitrogen and oxygen atoms in total. The number of aliphatic imine (C=N–C) groups is 1. The van der Waals surface area contributed by atoms with Crippen LogP contribution in [0.1, 0.15) is 6.92 Å². The molecule has 1 aliphatic rings. The summed E-state index contributed by atoms with van der Waals surface area (Å²) in [7, 11) is 0. The number of ether oxygens (including phenoxy) is 1. The van der Waals surface area contributed by atoms with Gasteiger partial charge in [-0.25, -0.2) is 9.38 Å². The van der Waals surface area contributed by atoms with Crippen LogP contribution in [0.3, 0.4) is 0 Å². The average Bonchev–Trinajstić information content (AvgIpc) is 2.14. The Bertz CT molecular complexity index is 113. The minimum absolute atomic E-state index is 0.227. The maximum atomic E-state index is 11.7. The molecule has 0 bridgehead atoms. The van der Waals surface area contributed by atoms with Gasteiger partial charge in [0, 0.05) is 6.92 Å². The van der Waals surface area contributed by atoms with Gasteiger partial charge in [0.1, 0.15) is 19.3 Å². The van der Waals surface area contributed by atoms with Crippen molar-refractivity contribution in [2.45, 2.75) is 13.0 Å². The van der Waals surface area contributed by atoms with E-state index in [0.29, 0.717) is 12.5 Å². The Morgan fingerprint density at radius 3 is 3.00 bits per heavy atom. The van der Waals surface area contributed by atoms with Crippen LogP contribution in [0.4, 0.5) is 4.39 Å². The van der Waals surface area contributed by atoms with Gasteiger partial charge in [-0.3, -0.25) is 0 Å². The maximum Gasteiger partial charge on any atom is 0.180 e. The molecule has 0 amide bonds. The Morgan fingerprint density at radius 1 is 2.00 bits per heavy atom. The standard InChI is InChI=1S/C5H8FNO/c1-4-7-5(2-6)3-8-4/h5H,2-3H2,1H3/t5-/m1/s1/i6-1. The zero-order valence-electron chi connectivity index (χ0n) is 4.72. The fraction of sp³-hybridized carbons (Fsp3) is 0.800. The van der Waals surface area contributed by atoms with E-state index in [1.807, 2.05) is 0 Å². The Balaban J connectivity index is 2.41. The maximum absolute atomic E-state index is 11.7. The predicted octanol–water partition coefficient (Wildman–Crippen LogP) is 0.773. The van der Waals surface area contributed by atoms with E-state index in [0.717, 1.165) is 0 Å². The molecule has 1 rings (SSSR count). The quantitative estimate of drug-likeness (QED) is 0.496. The van der Waals surface area contributed by atoms with Crippen LogP contribution in [-0.2, 0) is 4.74 Å². The minimum atomic E-state index is -0.405. The first-order valence-electron chi connectivity index (χ1n) is 2.56. The van der Waals surface area contributed by atoms with Crippen molar-refractivity contribution in [3.63, 3.8) is 0 Å². The third-order valence-corrected chi connectivity index (χ3v) is 1.03. The highest BCUT2D eigenvalue weighted by Gasteiger charge is 2.13. The number of nitrogens with zero attached hydrogens (tertiary/aromatic N) is 1. The van der Waals surface area contributed by atoms with Crippen molar-refractivity contribution in [2.24, 2.45) is 4.99 Å². The lowest BCUT2D eigenvalue weighted by Gasteiger charge is -1.93. The molecule has 0 spiro atoms. The fourth-order valence-corrected chi connectivity index (χ4v) is 0.627. The molecular formula is C5H8FNO. The summed E-state index contributed by atoms with van der Waals surface area (Å²) in [6, 6.07) is -0.227. The second kappa shape index (κ2) is 2.11. The van der Waals surface area contributed by atoms with Gasteiger partial charge >= 0.3 is 0 Å². The predicted molar refractivity (Wildman–Crippen MR) is 28.8 cm³/mol. The molecule has 8 heavy (non-hydrogen) atoms. The van der Waals surface area contributed by atoms with Crippen molar-refractivity contribution in [2.75, 3.05) is 13.3 Å². The van der Waals surface area contributed by atoms with Gasteiger partial charge < -0.3 is 4.74 Å². The molecule has 1 atom stereocenters. The normalized spacial score (nSPS) is 27.2. The van der Waals surface area contributed by atoms with Gasteiger partial charge in [0.05, 0.1) is 0 Å². The molecule has 0 aromatic carbocycles. The summed E-state index contributed by atoms with van der Waals surface area (Å²) in [6.07, 6.45) is 0. The van der Waals surface area contributed by atoms with Crippen molar-refractivity contribution in [1.82, 2.24) is 0 Å². The van der Waals surface area contributed by atoms with E-state index in [1.54, 1.807) is 6.92 Å². The van der Waals surface area contributed by atoms with Gasteiger partial charge in [-0.15, -0.1) is 0 Å². The second-order valence-corrected chi connectivity index (χ2v) is 1.77. The van der Waals surface area contributed by atoms with E-state index in [2.05, 4.69) is 4.99 Å². The van der Waals surface area contributed by atoms with Crippen molar-refractivity contribution in [3.05, 3.63) is 0 Å². The summed E-state index contributed by atoms with van der Waals surface area (Å²) >= 11 is 0. The average molecular weight is 116 g/mol. The van der Waals surface area contributed by atoms with E-state index >= 15 is 0 Å². The van der Waals surface area contributed by atoms with E-state index in [1.165, 1.54) is 0 Å². The summed E-state index contributed by atoms with van der Waals surface area (Å²) in [5.74, 6) is 0.604. The molecule has 0 unspecified atom stereocenters. The number of hydrogen-bond donors (Lipinski definition) is 0.